The van der Waals surface area contributed by atoms with Crippen molar-refractivity contribution in [2.75, 3.05) is 7.11 Å². The van der Waals surface area contributed by atoms with E-state index in [1.54, 1.807) is 6.92 Å². The molecule has 0 aliphatic carbocycles. The molecule has 0 spiro atoms. The smallest absolute Gasteiger partial charge is 0.311 e. The second-order valence-corrected chi connectivity index (χ2v) is 6.42. The number of aliphatic carboxylic acids is 1. The van der Waals surface area contributed by atoms with Crippen molar-refractivity contribution in [1.82, 2.24) is 4.90 Å². The number of halogens is 2. The molecular formula is C17H19F2NO4. The molecule has 0 unspecified atom stereocenters. The molecule has 2 aliphatic heterocycles. The zero-order valence-electron chi connectivity index (χ0n) is 13.5. The van der Waals surface area contributed by atoms with E-state index in [9.17, 15) is 23.5 Å². The van der Waals surface area contributed by atoms with Crippen molar-refractivity contribution < 1.29 is 28.2 Å². The number of ether oxygens (including phenoxy) is 1. The van der Waals surface area contributed by atoms with Crippen LogP contribution in [0.25, 0.3) is 0 Å². The number of benzene rings is 1. The summed E-state index contributed by atoms with van der Waals surface area (Å²) in [5.74, 6) is -4.09. The summed E-state index contributed by atoms with van der Waals surface area (Å²) in [5, 5.41) is 9.66. The van der Waals surface area contributed by atoms with Gasteiger partial charge < -0.3 is 14.7 Å². The lowest BCUT2D eigenvalue weighted by Gasteiger charge is -2.32. The number of carboxylic acids is 1. The minimum absolute atomic E-state index is 0.0531. The fraction of sp³-hybridized carbons (Fsp3) is 0.529. The Morgan fingerprint density at radius 1 is 1.38 bits per heavy atom. The summed E-state index contributed by atoms with van der Waals surface area (Å²) in [6, 6.07) is 1.32. The van der Waals surface area contributed by atoms with Crippen LogP contribution in [0.15, 0.2) is 12.1 Å². The van der Waals surface area contributed by atoms with Gasteiger partial charge in [-0.1, -0.05) is 6.92 Å². The maximum Gasteiger partial charge on any atom is 0.311 e. The van der Waals surface area contributed by atoms with Crippen LogP contribution in [0.4, 0.5) is 8.78 Å². The van der Waals surface area contributed by atoms with Gasteiger partial charge in [-0.25, -0.2) is 8.78 Å². The number of carboxylic acid groups (broad SMARTS) is 1. The first-order valence-corrected chi connectivity index (χ1v) is 7.95. The molecule has 7 heteroatoms. The first-order valence-electron chi connectivity index (χ1n) is 7.95. The van der Waals surface area contributed by atoms with Crippen molar-refractivity contribution in [2.45, 2.75) is 44.7 Å². The molecule has 2 bridgehead atoms. The summed E-state index contributed by atoms with van der Waals surface area (Å²) < 4.78 is 32.9. The monoisotopic (exact) mass is 339 g/mol. The lowest BCUT2D eigenvalue weighted by Crippen LogP contribution is -2.45. The first kappa shape index (κ1) is 16.7. The van der Waals surface area contributed by atoms with Crippen molar-refractivity contribution in [3.63, 3.8) is 0 Å². The Balaban J connectivity index is 2.04. The van der Waals surface area contributed by atoms with Crippen LogP contribution >= 0.6 is 0 Å². The number of carbonyl (C=O) groups excluding carboxylic acids is 1. The van der Waals surface area contributed by atoms with Crippen molar-refractivity contribution in [2.24, 2.45) is 5.41 Å². The van der Waals surface area contributed by atoms with Crippen LogP contribution in [0.3, 0.4) is 0 Å². The SMILES string of the molecule is CC[C@@]1(C(=O)O)C[C@@H]2CC[C@H]1N2C(=O)c1c(OC)ccc(F)c1F. The van der Waals surface area contributed by atoms with Gasteiger partial charge in [-0.15, -0.1) is 0 Å². The van der Waals surface area contributed by atoms with Crippen LogP contribution < -0.4 is 4.74 Å². The van der Waals surface area contributed by atoms with Crippen LogP contribution in [0.2, 0.25) is 0 Å². The molecule has 24 heavy (non-hydrogen) atoms. The Hall–Kier alpha value is -2.18. The fourth-order valence-electron chi connectivity index (χ4n) is 4.28. The maximum atomic E-state index is 14.2. The van der Waals surface area contributed by atoms with Crippen molar-refractivity contribution in [3.8, 4) is 5.75 Å². The van der Waals surface area contributed by atoms with Crippen LogP contribution in [0.5, 0.6) is 5.75 Å². The molecule has 130 valence electrons. The molecule has 1 aromatic rings. The Morgan fingerprint density at radius 3 is 2.62 bits per heavy atom. The third-order valence-corrected chi connectivity index (χ3v) is 5.52. The van der Waals surface area contributed by atoms with Crippen molar-refractivity contribution in [3.05, 3.63) is 29.3 Å². The van der Waals surface area contributed by atoms with Gasteiger partial charge in [0.2, 0.25) is 0 Å². The standard InChI is InChI=1S/C17H19F2NO4/c1-3-17(16(22)23)8-9-4-7-12(17)20(9)15(21)13-11(24-2)6-5-10(18)14(13)19/h5-6,9,12H,3-4,7-8H2,1-2H3,(H,22,23)/t9-,12+,17+/m0/s1. The molecule has 2 fully saturated rings. The molecular weight excluding hydrogens is 320 g/mol. The predicted octanol–water partition coefficient (Wildman–Crippen LogP) is 2.83. The van der Waals surface area contributed by atoms with Gasteiger partial charge in [-0.05, 0) is 37.8 Å². The number of fused-ring (bicyclic) bond motifs is 2. The highest BCUT2D eigenvalue weighted by molar-refractivity contribution is 5.98. The second kappa shape index (κ2) is 5.72. The predicted molar refractivity (Wildman–Crippen MR) is 80.9 cm³/mol. The molecule has 2 aliphatic rings. The average Bonchev–Trinajstić information content (AvgIpc) is 3.12. The molecule has 0 aromatic heterocycles. The fourth-order valence-corrected chi connectivity index (χ4v) is 4.28. The topological polar surface area (TPSA) is 66.8 Å². The van der Waals surface area contributed by atoms with E-state index in [1.807, 2.05) is 0 Å². The van der Waals surface area contributed by atoms with E-state index in [-0.39, 0.29) is 11.8 Å². The molecule has 3 rings (SSSR count). The van der Waals surface area contributed by atoms with E-state index >= 15 is 0 Å². The zero-order chi connectivity index (χ0) is 17.6. The molecule has 1 aromatic carbocycles. The van der Waals surface area contributed by atoms with Gasteiger partial charge in [0.25, 0.3) is 5.91 Å². The van der Waals surface area contributed by atoms with Gasteiger partial charge in [0.05, 0.1) is 12.5 Å². The van der Waals surface area contributed by atoms with Gasteiger partial charge in [-0.3, -0.25) is 9.59 Å². The Labute approximate surface area is 138 Å². The molecule has 0 saturated carbocycles. The van der Waals surface area contributed by atoms with E-state index in [0.29, 0.717) is 25.7 Å². The van der Waals surface area contributed by atoms with E-state index in [4.69, 9.17) is 4.74 Å². The number of rotatable bonds is 4. The third kappa shape index (κ3) is 2.10. The summed E-state index contributed by atoms with van der Waals surface area (Å²) in [7, 11) is 1.27. The van der Waals surface area contributed by atoms with Gasteiger partial charge in [-0.2, -0.15) is 0 Å². The van der Waals surface area contributed by atoms with Crippen LogP contribution in [-0.4, -0.2) is 41.1 Å². The normalized spacial score (nSPS) is 28.2. The Morgan fingerprint density at radius 2 is 2.08 bits per heavy atom. The molecule has 3 atom stereocenters. The highest BCUT2D eigenvalue weighted by Gasteiger charge is 2.61. The van der Waals surface area contributed by atoms with Gasteiger partial charge in [0, 0.05) is 12.1 Å². The number of amides is 1. The van der Waals surface area contributed by atoms with Crippen LogP contribution in [0.1, 0.15) is 43.0 Å². The minimum atomic E-state index is -1.26. The number of hydrogen-bond acceptors (Lipinski definition) is 3. The highest BCUT2D eigenvalue weighted by atomic mass is 19.2. The van der Waals surface area contributed by atoms with Crippen molar-refractivity contribution in [1.29, 1.82) is 0 Å². The summed E-state index contributed by atoms with van der Waals surface area (Å²) in [6.07, 6.45) is 1.95. The largest absolute Gasteiger partial charge is 0.496 e. The lowest BCUT2D eigenvalue weighted by atomic mass is 9.72. The lowest BCUT2D eigenvalue weighted by molar-refractivity contribution is -0.151. The highest BCUT2D eigenvalue weighted by Crippen LogP contribution is 2.52. The number of hydrogen-bond donors (Lipinski definition) is 1. The van der Waals surface area contributed by atoms with E-state index in [2.05, 4.69) is 0 Å². The van der Waals surface area contributed by atoms with Crippen LogP contribution in [0, 0.1) is 17.0 Å². The van der Waals surface area contributed by atoms with Gasteiger partial charge in [0.1, 0.15) is 11.3 Å². The quantitative estimate of drug-likeness (QED) is 0.916. The van der Waals surface area contributed by atoms with Gasteiger partial charge in [0.15, 0.2) is 11.6 Å². The van der Waals surface area contributed by atoms with Crippen molar-refractivity contribution >= 4 is 11.9 Å². The minimum Gasteiger partial charge on any atom is -0.496 e. The maximum absolute atomic E-state index is 14.2. The number of methoxy groups -OCH3 is 1. The molecule has 1 amide bonds. The van der Waals surface area contributed by atoms with Crippen LogP contribution in [-0.2, 0) is 4.79 Å². The van der Waals surface area contributed by atoms with E-state index in [1.165, 1.54) is 18.1 Å². The van der Waals surface area contributed by atoms with E-state index < -0.39 is 40.5 Å². The van der Waals surface area contributed by atoms with Gasteiger partial charge >= 0.3 is 5.97 Å². The first-order chi connectivity index (χ1) is 11.4. The average molecular weight is 339 g/mol. The summed E-state index contributed by atoms with van der Waals surface area (Å²) in [4.78, 5) is 26.2. The summed E-state index contributed by atoms with van der Waals surface area (Å²) >= 11 is 0. The zero-order valence-corrected chi connectivity index (χ0v) is 13.5. The number of nitrogens with zero attached hydrogens (tertiary/aromatic N) is 1. The number of carbonyl (C=O) groups is 2. The third-order valence-electron chi connectivity index (χ3n) is 5.52. The Kier molecular flexibility index (Phi) is 3.97. The molecule has 2 heterocycles. The molecule has 5 nitrogen and oxygen atoms in total. The molecule has 1 N–H and O–H groups in total. The summed E-state index contributed by atoms with van der Waals surface area (Å²) in [5.41, 5.74) is -1.48. The Bertz CT molecular complexity index is 708. The summed E-state index contributed by atoms with van der Waals surface area (Å²) in [6.45, 7) is 1.78. The molecule has 0 radical (unpaired) electrons. The second-order valence-electron chi connectivity index (χ2n) is 6.42. The molecule has 2 saturated heterocycles. The van der Waals surface area contributed by atoms with E-state index in [0.717, 1.165) is 6.07 Å².